The molecule has 2 aromatic rings. The number of hydrogen-bond acceptors (Lipinski definition) is 9. The summed E-state index contributed by atoms with van der Waals surface area (Å²) in [5.74, 6) is -1.41. The molecule has 2 N–H and O–H groups in total. The van der Waals surface area contributed by atoms with Crippen LogP contribution in [0.3, 0.4) is 0 Å². The van der Waals surface area contributed by atoms with Crippen molar-refractivity contribution in [2.24, 2.45) is 0 Å². The van der Waals surface area contributed by atoms with E-state index in [0.29, 0.717) is 0 Å². The van der Waals surface area contributed by atoms with Crippen molar-refractivity contribution in [1.29, 1.82) is 0 Å². The van der Waals surface area contributed by atoms with Crippen LogP contribution in [0.25, 0.3) is 0 Å². The van der Waals surface area contributed by atoms with Crippen LogP contribution in [0.2, 0.25) is 18.1 Å². The van der Waals surface area contributed by atoms with E-state index >= 15 is 0 Å². The lowest BCUT2D eigenvalue weighted by atomic mass is 9.98. The highest BCUT2D eigenvalue weighted by Gasteiger charge is 2.51. The highest BCUT2D eigenvalue weighted by atomic mass is 28.4. The van der Waals surface area contributed by atoms with E-state index in [1.807, 2.05) is 0 Å². The maximum absolute atomic E-state index is 13.0. The van der Waals surface area contributed by atoms with Crippen molar-refractivity contribution in [3.8, 4) is 0 Å². The Bertz CT molecular complexity index is 1040. The third-order valence-electron chi connectivity index (χ3n) is 6.91. The van der Waals surface area contributed by atoms with E-state index in [-0.39, 0.29) is 36.0 Å². The van der Waals surface area contributed by atoms with E-state index in [1.165, 1.54) is 0 Å². The highest BCUT2D eigenvalue weighted by Crippen LogP contribution is 2.37. The molecule has 1 aliphatic heterocycles. The molecule has 1 fully saturated rings. The van der Waals surface area contributed by atoms with Gasteiger partial charge in [0.15, 0.2) is 26.8 Å². The maximum Gasteiger partial charge on any atom is 0.338 e. The largest absolute Gasteiger partial charge is 0.452 e. The third-order valence-corrected chi connectivity index (χ3v) is 11.4. The fraction of sp³-hybridized carbons (Fsp3) is 0.500. The van der Waals surface area contributed by atoms with Crippen LogP contribution in [0.5, 0.6) is 0 Å². The van der Waals surface area contributed by atoms with Crippen LogP contribution in [0.15, 0.2) is 60.7 Å². The second kappa shape index (κ2) is 13.0. The van der Waals surface area contributed by atoms with E-state index in [2.05, 4.69) is 33.9 Å². The number of ether oxygens (including phenoxy) is 4. The summed E-state index contributed by atoms with van der Waals surface area (Å²) in [5, 5.41) is 20.6. The highest BCUT2D eigenvalue weighted by molar-refractivity contribution is 6.74. The third kappa shape index (κ3) is 7.49. The van der Waals surface area contributed by atoms with E-state index in [0.717, 1.165) is 0 Å². The zero-order valence-corrected chi connectivity index (χ0v) is 23.5. The quantitative estimate of drug-likeness (QED) is 0.340. The smallest absolute Gasteiger partial charge is 0.338 e. The zero-order valence-electron chi connectivity index (χ0n) is 22.5. The summed E-state index contributed by atoms with van der Waals surface area (Å²) in [4.78, 5) is 26.0. The van der Waals surface area contributed by atoms with Crippen molar-refractivity contribution in [1.82, 2.24) is 0 Å². The van der Waals surface area contributed by atoms with Gasteiger partial charge in [-0.1, -0.05) is 57.2 Å². The molecule has 0 radical (unpaired) electrons. The lowest BCUT2D eigenvalue weighted by Gasteiger charge is -2.44. The van der Waals surface area contributed by atoms with Gasteiger partial charge in [-0.25, -0.2) is 9.59 Å². The Labute approximate surface area is 224 Å². The molecule has 9 nitrogen and oxygen atoms in total. The van der Waals surface area contributed by atoms with Crippen LogP contribution in [-0.2, 0) is 23.4 Å². The molecule has 208 valence electrons. The Morgan fingerprint density at radius 3 is 1.87 bits per heavy atom. The first kappa shape index (κ1) is 29.9. The van der Waals surface area contributed by atoms with Gasteiger partial charge >= 0.3 is 11.9 Å². The molecular formula is C28H38O9Si. The van der Waals surface area contributed by atoms with Gasteiger partial charge in [-0.2, -0.15) is 0 Å². The number of aliphatic hydroxyl groups excluding tert-OH is 2. The second-order valence-electron chi connectivity index (χ2n) is 10.7. The van der Waals surface area contributed by atoms with Gasteiger partial charge in [0.25, 0.3) is 0 Å². The summed E-state index contributed by atoms with van der Waals surface area (Å²) in [6, 6.07) is 16.6. The Morgan fingerprint density at radius 1 is 0.895 bits per heavy atom. The first-order valence-electron chi connectivity index (χ1n) is 12.7. The minimum absolute atomic E-state index is 0.00931. The summed E-state index contributed by atoms with van der Waals surface area (Å²) < 4.78 is 29.4. The van der Waals surface area contributed by atoms with Crippen molar-refractivity contribution in [3.63, 3.8) is 0 Å². The molecule has 0 amide bonds. The number of hydrogen-bond donors (Lipinski definition) is 2. The molecule has 1 aliphatic rings. The van der Waals surface area contributed by atoms with Crippen LogP contribution in [0.1, 0.15) is 41.5 Å². The number of aliphatic hydroxyl groups is 2. The van der Waals surface area contributed by atoms with Gasteiger partial charge in [-0.05, 0) is 42.4 Å². The number of rotatable bonds is 10. The lowest BCUT2D eigenvalue weighted by molar-refractivity contribution is -0.299. The molecule has 1 heterocycles. The molecule has 0 spiro atoms. The summed E-state index contributed by atoms with van der Waals surface area (Å²) in [6.07, 6.45) is -6.23. The topological polar surface area (TPSA) is 121 Å². The number of esters is 2. The van der Waals surface area contributed by atoms with Crippen molar-refractivity contribution < 1.29 is 43.2 Å². The molecule has 5 atom stereocenters. The fourth-order valence-corrected chi connectivity index (χ4v) is 4.64. The van der Waals surface area contributed by atoms with E-state index < -0.39 is 51.0 Å². The zero-order chi connectivity index (χ0) is 27.9. The Kier molecular flexibility index (Phi) is 10.2. The first-order valence-corrected chi connectivity index (χ1v) is 15.6. The standard InChI is InChI=1S/C28H38O9Si/c1-28(2,3)38(4,5)34-18-21-22(30)23(36-25(31)19-12-8-6-9-13-19)24(27(35-21)33-17-16-29)37-26(32)20-14-10-7-11-15-20/h6-15,21-24,27,29-30H,16-18H2,1-5H3. The Morgan fingerprint density at radius 2 is 1.39 bits per heavy atom. The summed E-state index contributed by atoms with van der Waals surface area (Å²) in [6.45, 7) is 9.97. The van der Waals surface area contributed by atoms with Crippen molar-refractivity contribution >= 4 is 20.3 Å². The van der Waals surface area contributed by atoms with Crippen LogP contribution in [-0.4, -0.2) is 81.0 Å². The predicted octanol–water partition coefficient (Wildman–Crippen LogP) is 3.55. The molecule has 0 bridgehead atoms. The van der Waals surface area contributed by atoms with Gasteiger partial charge in [-0.3, -0.25) is 0 Å². The Hall–Kier alpha value is -2.60. The average Bonchev–Trinajstić information content (AvgIpc) is 2.89. The number of benzene rings is 2. The van der Waals surface area contributed by atoms with Crippen LogP contribution < -0.4 is 0 Å². The molecule has 38 heavy (non-hydrogen) atoms. The minimum Gasteiger partial charge on any atom is -0.452 e. The van der Waals surface area contributed by atoms with E-state index in [4.69, 9.17) is 23.4 Å². The van der Waals surface area contributed by atoms with Crippen LogP contribution in [0, 0.1) is 0 Å². The maximum atomic E-state index is 13.0. The summed E-state index contributed by atoms with van der Waals surface area (Å²) in [7, 11) is -2.22. The normalized spacial score (nSPS) is 24.0. The van der Waals surface area contributed by atoms with Gasteiger partial charge in [0.05, 0.1) is 30.9 Å². The van der Waals surface area contributed by atoms with Crippen molar-refractivity contribution in [2.75, 3.05) is 19.8 Å². The van der Waals surface area contributed by atoms with Crippen molar-refractivity contribution in [3.05, 3.63) is 71.8 Å². The molecule has 10 heteroatoms. The SMILES string of the molecule is CC(C)(C)[Si](C)(C)OCC1OC(OCCO)C(OC(=O)c2ccccc2)C(OC(=O)c2ccccc2)C1O. The lowest BCUT2D eigenvalue weighted by Crippen LogP contribution is -2.62. The van der Waals surface area contributed by atoms with Gasteiger partial charge in [0.1, 0.15) is 12.2 Å². The minimum atomic E-state index is -2.22. The average molecular weight is 547 g/mol. The monoisotopic (exact) mass is 546 g/mol. The second-order valence-corrected chi connectivity index (χ2v) is 15.5. The molecule has 0 aromatic heterocycles. The first-order chi connectivity index (χ1) is 17.9. The molecule has 0 saturated carbocycles. The molecule has 1 saturated heterocycles. The summed E-state index contributed by atoms with van der Waals surface area (Å²) in [5.41, 5.74) is 0.528. The van der Waals surface area contributed by atoms with E-state index in [1.54, 1.807) is 60.7 Å². The molecule has 2 aromatic carbocycles. The fourth-order valence-electron chi connectivity index (χ4n) is 3.63. The van der Waals surface area contributed by atoms with Crippen LogP contribution >= 0.6 is 0 Å². The molecule has 0 aliphatic carbocycles. The van der Waals surface area contributed by atoms with Gasteiger partial charge in [0.2, 0.25) is 0 Å². The predicted molar refractivity (Wildman–Crippen MR) is 142 cm³/mol. The molecular weight excluding hydrogens is 508 g/mol. The summed E-state index contributed by atoms with van der Waals surface area (Å²) >= 11 is 0. The van der Waals surface area contributed by atoms with Crippen molar-refractivity contribution in [2.45, 2.75) is 69.6 Å². The number of carbonyl (C=O) groups is 2. The molecule has 3 rings (SSSR count). The van der Waals surface area contributed by atoms with E-state index in [9.17, 15) is 19.8 Å². The van der Waals surface area contributed by atoms with Gasteiger partial charge in [0, 0.05) is 0 Å². The number of carbonyl (C=O) groups excluding carboxylic acids is 2. The van der Waals surface area contributed by atoms with Gasteiger partial charge in [-0.15, -0.1) is 0 Å². The van der Waals surface area contributed by atoms with Gasteiger partial charge < -0.3 is 33.6 Å². The van der Waals surface area contributed by atoms with Crippen LogP contribution in [0.4, 0.5) is 0 Å². The Balaban J connectivity index is 1.91. The molecule has 5 unspecified atom stereocenters.